The highest BCUT2D eigenvalue weighted by atomic mass is 32.2. The number of carbonyl (C=O) groups excluding carboxylic acids is 1. The summed E-state index contributed by atoms with van der Waals surface area (Å²) in [7, 11) is -3.43. The Hall–Kier alpha value is -1.44. The van der Waals surface area contributed by atoms with Gasteiger partial charge in [-0.15, -0.1) is 0 Å². The van der Waals surface area contributed by atoms with Gasteiger partial charge in [0.25, 0.3) is 10.1 Å². The summed E-state index contributed by atoms with van der Waals surface area (Å²) in [6.45, 7) is 1.98. The zero-order valence-electron chi connectivity index (χ0n) is 13.5. The molecule has 0 saturated heterocycles. The lowest BCUT2D eigenvalue weighted by molar-refractivity contribution is -0.167. The van der Waals surface area contributed by atoms with Crippen molar-refractivity contribution in [2.24, 2.45) is 0 Å². The van der Waals surface area contributed by atoms with Crippen LogP contribution in [0.1, 0.15) is 38.2 Å². The molecular weight excluding hydrogens is 320 g/mol. The first-order valence-corrected chi connectivity index (χ1v) is 9.41. The summed E-state index contributed by atoms with van der Waals surface area (Å²) in [5.41, 5.74) is -1.19. The summed E-state index contributed by atoms with van der Waals surface area (Å²) in [5.74, 6) is -0.668. The van der Waals surface area contributed by atoms with E-state index in [1.54, 1.807) is 37.3 Å². The van der Waals surface area contributed by atoms with Crippen LogP contribution in [0.2, 0.25) is 0 Å². The van der Waals surface area contributed by atoms with Crippen LogP contribution in [0.3, 0.4) is 0 Å². The SMILES string of the molecule is CCOC(=O)[C@@](O)(CCCCCOS(C)(=O)=O)c1ccccc1. The third kappa shape index (κ3) is 6.68. The summed E-state index contributed by atoms with van der Waals surface area (Å²) in [6.07, 6.45) is 2.90. The van der Waals surface area contributed by atoms with E-state index < -0.39 is 21.7 Å². The van der Waals surface area contributed by atoms with Crippen molar-refractivity contribution >= 4 is 16.1 Å². The number of esters is 1. The van der Waals surface area contributed by atoms with Crippen molar-refractivity contribution < 1.29 is 27.2 Å². The lowest BCUT2D eigenvalue weighted by Gasteiger charge is -2.26. The van der Waals surface area contributed by atoms with E-state index in [4.69, 9.17) is 4.74 Å². The van der Waals surface area contributed by atoms with Gasteiger partial charge in [0, 0.05) is 0 Å². The molecule has 0 amide bonds. The molecule has 0 radical (unpaired) electrons. The average Bonchev–Trinajstić information content (AvgIpc) is 2.50. The second-order valence-corrected chi connectivity index (χ2v) is 6.93. The largest absolute Gasteiger partial charge is 0.464 e. The van der Waals surface area contributed by atoms with Crippen molar-refractivity contribution in [2.75, 3.05) is 19.5 Å². The zero-order valence-corrected chi connectivity index (χ0v) is 14.3. The van der Waals surface area contributed by atoms with Gasteiger partial charge in [0.15, 0.2) is 5.60 Å². The molecule has 6 nitrogen and oxygen atoms in total. The Morgan fingerprint density at radius 3 is 2.39 bits per heavy atom. The quantitative estimate of drug-likeness (QED) is 0.396. The molecule has 0 heterocycles. The Balaban J connectivity index is 2.60. The van der Waals surface area contributed by atoms with E-state index in [1.165, 1.54) is 0 Å². The summed E-state index contributed by atoms with van der Waals surface area (Å²) in [5, 5.41) is 10.8. The van der Waals surface area contributed by atoms with E-state index in [-0.39, 0.29) is 19.6 Å². The molecule has 0 bridgehead atoms. The number of hydrogen-bond acceptors (Lipinski definition) is 6. The molecule has 130 valence electrons. The molecule has 1 aromatic rings. The first-order chi connectivity index (χ1) is 10.8. The van der Waals surface area contributed by atoms with Gasteiger partial charge in [0.2, 0.25) is 0 Å². The molecule has 0 aliphatic carbocycles. The van der Waals surface area contributed by atoms with E-state index in [9.17, 15) is 18.3 Å². The summed E-state index contributed by atoms with van der Waals surface area (Å²) in [6, 6.07) is 8.67. The molecular formula is C16H24O6S. The van der Waals surface area contributed by atoms with Crippen LogP contribution in [0, 0.1) is 0 Å². The van der Waals surface area contributed by atoms with Gasteiger partial charge in [-0.05, 0) is 31.7 Å². The Morgan fingerprint density at radius 2 is 1.83 bits per heavy atom. The highest BCUT2D eigenvalue weighted by molar-refractivity contribution is 7.85. The Morgan fingerprint density at radius 1 is 1.17 bits per heavy atom. The number of benzene rings is 1. The lowest BCUT2D eigenvalue weighted by Crippen LogP contribution is -2.37. The fraction of sp³-hybridized carbons (Fsp3) is 0.562. The normalized spacial score (nSPS) is 14.2. The summed E-state index contributed by atoms with van der Waals surface area (Å²) >= 11 is 0. The minimum absolute atomic E-state index is 0.0992. The maximum atomic E-state index is 12.1. The number of hydrogen-bond donors (Lipinski definition) is 1. The topological polar surface area (TPSA) is 89.9 Å². The number of rotatable bonds is 10. The van der Waals surface area contributed by atoms with Crippen molar-refractivity contribution in [3.63, 3.8) is 0 Å². The van der Waals surface area contributed by atoms with Crippen LogP contribution in [0.15, 0.2) is 30.3 Å². The Kier molecular flexibility index (Phi) is 7.67. The van der Waals surface area contributed by atoms with Crippen LogP contribution >= 0.6 is 0 Å². The Bertz CT molecular complexity index is 584. The third-order valence-corrected chi connectivity index (χ3v) is 3.94. The molecule has 0 unspecified atom stereocenters. The number of ether oxygens (including phenoxy) is 1. The van der Waals surface area contributed by atoms with E-state index in [1.807, 2.05) is 0 Å². The molecule has 0 saturated carbocycles. The van der Waals surface area contributed by atoms with Crippen LogP contribution in [-0.2, 0) is 29.4 Å². The second-order valence-electron chi connectivity index (χ2n) is 5.28. The second kappa shape index (κ2) is 9.00. The lowest BCUT2D eigenvalue weighted by atomic mass is 9.88. The fourth-order valence-electron chi connectivity index (χ4n) is 2.20. The molecule has 7 heteroatoms. The van der Waals surface area contributed by atoms with Crippen molar-refractivity contribution in [1.29, 1.82) is 0 Å². The van der Waals surface area contributed by atoms with E-state index in [0.717, 1.165) is 6.26 Å². The molecule has 0 aromatic heterocycles. The highest BCUT2D eigenvalue weighted by Gasteiger charge is 2.38. The van der Waals surface area contributed by atoms with Gasteiger partial charge < -0.3 is 9.84 Å². The predicted molar refractivity (Wildman–Crippen MR) is 86.2 cm³/mol. The maximum absolute atomic E-state index is 12.1. The van der Waals surface area contributed by atoms with Gasteiger partial charge in [-0.1, -0.05) is 36.8 Å². The Labute approximate surface area is 137 Å². The standard InChI is InChI=1S/C16H24O6S/c1-3-21-15(17)16(18,14-10-6-4-7-11-14)12-8-5-9-13-22-23(2,19)20/h4,6-7,10-11,18H,3,5,8-9,12-13H2,1-2H3/t16-/m1/s1. The van der Waals surface area contributed by atoms with Gasteiger partial charge in [-0.2, -0.15) is 8.42 Å². The molecule has 1 N–H and O–H groups in total. The monoisotopic (exact) mass is 344 g/mol. The van der Waals surface area contributed by atoms with Crippen LogP contribution < -0.4 is 0 Å². The molecule has 0 fully saturated rings. The van der Waals surface area contributed by atoms with Crippen LogP contribution in [0.5, 0.6) is 0 Å². The first-order valence-electron chi connectivity index (χ1n) is 7.59. The van der Waals surface area contributed by atoms with Crippen molar-refractivity contribution in [3.8, 4) is 0 Å². The fourth-order valence-corrected chi connectivity index (χ4v) is 2.62. The molecule has 0 aliphatic rings. The minimum Gasteiger partial charge on any atom is -0.464 e. The van der Waals surface area contributed by atoms with Gasteiger partial charge in [0.1, 0.15) is 0 Å². The molecule has 0 spiro atoms. The van der Waals surface area contributed by atoms with Gasteiger partial charge in [-0.3, -0.25) is 4.18 Å². The van der Waals surface area contributed by atoms with Gasteiger partial charge >= 0.3 is 5.97 Å². The smallest absolute Gasteiger partial charge is 0.342 e. The van der Waals surface area contributed by atoms with Crippen molar-refractivity contribution in [3.05, 3.63) is 35.9 Å². The molecule has 23 heavy (non-hydrogen) atoms. The number of unbranched alkanes of at least 4 members (excludes halogenated alkanes) is 2. The molecule has 0 aliphatic heterocycles. The molecule has 1 aromatic carbocycles. The average molecular weight is 344 g/mol. The van der Waals surface area contributed by atoms with Gasteiger partial charge in [0.05, 0.1) is 19.5 Å². The van der Waals surface area contributed by atoms with E-state index in [2.05, 4.69) is 4.18 Å². The number of aliphatic hydroxyl groups is 1. The van der Waals surface area contributed by atoms with E-state index in [0.29, 0.717) is 24.8 Å². The highest BCUT2D eigenvalue weighted by Crippen LogP contribution is 2.29. The zero-order chi connectivity index (χ0) is 17.3. The van der Waals surface area contributed by atoms with Crippen molar-refractivity contribution in [2.45, 2.75) is 38.2 Å². The van der Waals surface area contributed by atoms with E-state index >= 15 is 0 Å². The maximum Gasteiger partial charge on any atom is 0.342 e. The summed E-state index contributed by atoms with van der Waals surface area (Å²) in [4.78, 5) is 12.1. The number of carbonyl (C=O) groups is 1. The van der Waals surface area contributed by atoms with Crippen LogP contribution in [0.25, 0.3) is 0 Å². The predicted octanol–water partition coefficient (Wildman–Crippen LogP) is 1.97. The van der Waals surface area contributed by atoms with Gasteiger partial charge in [-0.25, -0.2) is 4.79 Å². The summed E-state index contributed by atoms with van der Waals surface area (Å²) < 4.78 is 31.3. The first kappa shape index (κ1) is 19.6. The molecule has 1 rings (SSSR count). The minimum atomic E-state index is -3.43. The van der Waals surface area contributed by atoms with Crippen molar-refractivity contribution in [1.82, 2.24) is 0 Å². The van der Waals surface area contributed by atoms with Crippen LogP contribution in [0.4, 0.5) is 0 Å². The third-order valence-electron chi connectivity index (χ3n) is 3.34. The van der Waals surface area contributed by atoms with Crippen LogP contribution in [-0.4, -0.2) is 39.0 Å². The molecule has 1 atom stereocenters.